The number of hydrogen-bond donors (Lipinski definition) is 3. The molecule has 16 heavy (non-hydrogen) atoms. The molecule has 7 nitrogen and oxygen atoms in total. The van der Waals surface area contributed by atoms with E-state index in [9.17, 15) is 14.4 Å². The average Bonchev–Trinajstić information content (AvgIpc) is 2.15. The maximum absolute atomic E-state index is 10.9. The number of rotatable bonds is 3. The second-order valence-corrected chi connectivity index (χ2v) is 2.87. The molecule has 0 spiro atoms. The van der Waals surface area contributed by atoms with Gasteiger partial charge in [-0.1, -0.05) is 0 Å². The molecule has 0 fully saturated rings. The number of carbonyl (C=O) groups is 2. The number of anilines is 1. The first-order chi connectivity index (χ1) is 7.49. The van der Waals surface area contributed by atoms with E-state index >= 15 is 0 Å². The first-order valence-electron chi connectivity index (χ1n) is 4.27. The summed E-state index contributed by atoms with van der Waals surface area (Å²) in [5.41, 5.74) is -0.326. The van der Waals surface area contributed by atoms with Crippen molar-refractivity contribution < 1.29 is 14.7 Å². The number of aliphatic carboxylic acids is 1. The van der Waals surface area contributed by atoms with Gasteiger partial charge in [0.1, 0.15) is 5.82 Å². The minimum Gasteiger partial charge on any atom is -0.478 e. The summed E-state index contributed by atoms with van der Waals surface area (Å²) in [6, 6.07) is 0. The molecule has 1 aromatic heterocycles. The molecule has 7 heteroatoms. The Morgan fingerprint density at radius 2 is 2.25 bits per heavy atom. The maximum Gasteiger partial charge on any atom is 0.346 e. The quantitative estimate of drug-likeness (QED) is 0.615. The second kappa shape index (κ2) is 4.87. The first-order valence-corrected chi connectivity index (χ1v) is 4.27. The fraction of sp³-hybridized carbons (Fsp3) is 0.111. The van der Waals surface area contributed by atoms with E-state index in [0.29, 0.717) is 5.56 Å². The third kappa shape index (κ3) is 3.37. The van der Waals surface area contributed by atoms with E-state index in [0.717, 1.165) is 6.08 Å². The van der Waals surface area contributed by atoms with Gasteiger partial charge in [-0.05, 0) is 6.08 Å². The molecule has 0 atom stereocenters. The number of carboxylic acid groups (broad SMARTS) is 1. The van der Waals surface area contributed by atoms with Gasteiger partial charge in [-0.25, -0.2) is 14.6 Å². The van der Waals surface area contributed by atoms with Crippen molar-refractivity contribution in [2.24, 2.45) is 0 Å². The molecule has 1 aromatic rings. The van der Waals surface area contributed by atoms with Gasteiger partial charge in [-0.15, -0.1) is 0 Å². The Morgan fingerprint density at radius 1 is 1.56 bits per heavy atom. The van der Waals surface area contributed by atoms with E-state index in [1.807, 2.05) is 0 Å². The van der Waals surface area contributed by atoms with Crippen molar-refractivity contribution in [1.29, 1.82) is 0 Å². The minimum absolute atomic E-state index is 0.116. The predicted molar refractivity (Wildman–Crippen MR) is 55.8 cm³/mol. The Balaban J connectivity index is 3.11. The zero-order valence-electron chi connectivity index (χ0n) is 8.35. The normalized spacial score (nSPS) is 10.3. The van der Waals surface area contributed by atoms with Crippen LogP contribution in [0.3, 0.4) is 0 Å². The summed E-state index contributed by atoms with van der Waals surface area (Å²) < 4.78 is 0. The van der Waals surface area contributed by atoms with E-state index in [1.165, 1.54) is 19.2 Å². The Kier molecular flexibility index (Phi) is 3.54. The zero-order valence-corrected chi connectivity index (χ0v) is 8.35. The van der Waals surface area contributed by atoms with E-state index in [2.05, 4.69) is 15.3 Å². The molecule has 0 saturated heterocycles. The van der Waals surface area contributed by atoms with Gasteiger partial charge in [0.05, 0.1) is 0 Å². The topological polar surface area (TPSA) is 112 Å². The molecule has 0 aliphatic rings. The number of hydrogen-bond acceptors (Lipinski definition) is 4. The van der Waals surface area contributed by atoms with Gasteiger partial charge in [0.2, 0.25) is 5.91 Å². The van der Waals surface area contributed by atoms with Crippen LogP contribution in [0.2, 0.25) is 0 Å². The standard InChI is InChI=1S/C9H9N3O4/c1-5(13)11-8-6(2-3-7(14)15)4-10-9(16)12-8/h2-4H,1H3,(H,14,15)(H2,10,11,12,13,16). The van der Waals surface area contributed by atoms with Crippen molar-refractivity contribution in [3.63, 3.8) is 0 Å². The number of carboxylic acids is 1. The number of aromatic amines is 1. The summed E-state index contributed by atoms with van der Waals surface area (Å²) in [6.45, 7) is 1.27. The van der Waals surface area contributed by atoms with Crippen molar-refractivity contribution in [2.45, 2.75) is 6.92 Å². The molecule has 1 amide bonds. The van der Waals surface area contributed by atoms with Gasteiger partial charge in [-0.2, -0.15) is 0 Å². The highest BCUT2D eigenvalue weighted by Crippen LogP contribution is 2.10. The van der Waals surface area contributed by atoms with Gasteiger partial charge in [0.15, 0.2) is 0 Å². The van der Waals surface area contributed by atoms with Gasteiger partial charge in [0, 0.05) is 24.8 Å². The van der Waals surface area contributed by atoms with Crippen LogP contribution in [0.1, 0.15) is 12.5 Å². The molecule has 0 unspecified atom stereocenters. The summed E-state index contributed by atoms with van der Waals surface area (Å²) in [5, 5.41) is 10.8. The molecule has 0 aromatic carbocycles. The lowest BCUT2D eigenvalue weighted by molar-refractivity contribution is -0.131. The highest BCUT2D eigenvalue weighted by molar-refractivity contribution is 5.91. The summed E-state index contributed by atoms with van der Waals surface area (Å²) in [5.74, 6) is -1.41. The fourth-order valence-corrected chi connectivity index (χ4v) is 0.971. The van der Waals surface area contributed by atoms with E-state index in [1.54, 1.807) is 0 Å². The van der Waals surface area contributed by atoms with Crippen molar-refractivity contribution in [3.05, 3.63) is 28.3 Å². The zero-order chi connectivity index (χ0) is 12.1. The second-order valence-electron chi connectivity index (χ2n) is 2.87. The van der Waals surface area contributed by atoms with Crippen LogP contribution in [0.15, 0.2) is 17.1 Å². The number of amides is 1. The summed E-state index contributed by atoms with van der Waals surface area (Å²) in [7, 11) is 0. The monoisotopic (exact) mass is 223 g/mol. The van der Waals surface area contributed by atoms with E-state index in [4.69, 9.17) is 5.11 Å². The van der Waals surface area contributed by atoms with Gasteiger partial charge in [0.25, 0.3) is 0 Å². The van der Waals surface area contributed by atoms with Crippen LogP contribution in [0.5, 0.6) is 0 Å². The van der Waals surface area contributed by atoms with E-state index < -0.39 is 11.7 Å². The Morgan fingerprint density at radius 3 is 2.81 bits per heavy atom. The van der Waals surface area contributed by atoms with Gasteiger partial charge >= 0.3 is 11.7 Å². The van der Waals surface area contributed by atoms with Crippen LogP contribution >= 0.6 is 0 Å². The fourth-order valence-electron chi connectivity index (χ4n) is 0.971. The average molecular weight is 223 g/mol. The first kappa shape index (κ1) is 11.6. The van der Waals surface area contributed by atoms with E-state index in [-0.39, 0.29) is 11.7 Å². The lowest BCUT2D eigenvalue weighted by atomic mass is 10.3. The molecule has 0 aliphatic heterocycles. The Hall–Kier alpha value is -2.44. The summed E-state index contributed by atoms with van der Waals surface area (Å²) >= 11 is 0. The lowest BCUT2D eigenvalue weighted by Crippen LogP contribution is -2.17. The molecule has 0 bridgehead atoms. The Bertz CT molecular complexity index is 504. The van der Waals surface area contributed by atoms with Crippen LogP contribution in [-0.2, 0) is 9.59 Å². The SMILES string of the molecule is CC(=O)Nc1[nH]c(=O)ncc1C=CC(=O)O. The molecular formula is C9H9N3O4. The molecule has 3 N–H and O–H groups in total. The molecular weight excluding hydrogens is 214 g/mol. The molecule has 84 valence electrons. The van der Waals surface area contributed by atoms with Crippen molar-refractivity contribution in [2.75, 3.05) is 5.32 Å². The van der Waals surface area contributed by atoms with Crippen LogP contribution < -0.4 is 11.0 Å². The number of aromatic nitrogens is 2. The molecule has 0 radical (unpaired) electrons. The van der Waals surface area contributed by atoms with Crippen LogP contribution in [0.25, 0.3) is 6.08 Å². The molecule has 0 saturated carbocycles. The Labute approximate surface area is 89.8 Å². The van der Waals surface area contributed by atoms with Crippen molar-refractivity contribution >= 4 is 23.8 Å². The van der Waals surface area contributed by atoms with Crippen molar-refractivity contribution in [1.82, 2.24) is 9.97 Å². The molecule has 0 aliphatic carbocycles. The maximum atomic E-state index is 10.9. The van der Waals surface area contributed by atoms with Gasteiger partial charge in [-0.3, -0.25) is 9.78 Å². The molecule has 1 heterocycles. The number of H-pyrrole nitrogens is 1. The van der Waals surface area contributed by atoms with Gasteiger partial charge < -0.3 is 10.4 Å². The van der Waals surface area contributed by atoms with Crippen LogP contribution in [0, 0.1) is 0 Å². The lowest BCUT2D eigenvalue weighted by Gasteiger charge is -2.04. The summed E-state index contributed by atoms with van der Waals surface area (Å²) in [6.07, 6.45) is 3.26. The highest BCUT2D eigenvalue weighted by Gasteiger charge is 2.03. The molecule has 1 rings (SSSR count). The predicted octanol–water partition coefficient (Wildman–Crippen LogP) is -0.174. The largest absolute Gasteiger partial charge is 0.478 e. The third-order valence-electron chi connectivity index (χ3n) is 1.55. The van der Waals surface area contributed by atoms with Crippen molar-refractivity contribution in [3.8, 4) is 0 Å². The summed E-state index contributed by atoms with van der Waals surface area (Å²) in [4.78, 5) is 37.7. The minimum atomic E-state index is -1.14. The highest BCUT2D eigenvalue weighted by atomic mass is 16.4. The van der Waals surface area contributed by atoms with Crippen LogP contribution in [-0.4, -0.2) is 27.0 Å². The smallest absolute Gasteiger partial charge is 0.346 e. The third-order valence-corrected chi connectivity index (χ3v) is 1.55. The number of carbonyl (C=O) groups excluding carboxylic acids is 1. The number of nitrogens with zero attached hydrogens (tertiary/aromatic N) is 1. The number of nitrogens with one attached hydrogen (secondary N) is 2. The van der Waals surface area contributed by atoms with Crippen LogP contribution in [0.4, 0.5) is 5.82 Å².